The number of fused-ring (bicyclic) bond motifs is 2. The molecule has 2 aliphatic rings. The molecule has 2 heteroatoms. The summed E-state index contributed by atoms with van der Waals surface area (Å²) in [5.74, 6) is 1.35. The molecule has 0 saturated heterocycles. The van der Waals surface area contributed by atoms with E-state index < -0.39 is 0 Å². The van der Waals surface area contributed by atoms with E-state index in [4.69, 9.17) is 4.74 Å². The number of rotatable bonds is 11. The molecule has 0 heterocycles. The summed E-state index contributed by atoms with van der Waals surface area (Å²) in [6, 6.07) is 0. The predicted molar refractivity (Wildman–Crippen MR) is 91.6 cm³/mol. The van der Waals surface area contributed by atoms with Crippen LogP contribution in [0.5, 0.6) is 0 Å². The zero-order valence-electron chi connectivity index (χ0n) is 14.6. The smallest absolute Gasteiger partial charge is 0.309 e. The third kappa shape index (κ3) is 5.14. The second-order valence-electron chi connectivity index (χ2n) is 7.29. The molecule has 2 bridgehead atoms. The van der Waals surface area contributed by atoms with Crippen LogP contribution in [0.25, 0.3) is 0 Å². The Kier molecular flexibility index (Phi) is 7.48. The molecule has 0 spiro atoms. The van der Waals surface area contributed by atoms with Gasteiger partial charge in [0.1, 0.15) is 6.10 Å². The largest absolute Gasteiger partial charge is 0.462 e. The second-order valence-corrected chi connectivity index (χ2v) is 7.29. The van der Waals surface area contributed by atoms with Gasteiger partial charge in [0.2, 0.25) is 0 Å². The highest BCUT2D eigenvalue weighted by molar-refractivity contribution is 5.74. The first kappa shape index (κ1) is 17.6. The van der Waals surface area contributed by atoms with Crippen molar-refractivity contribution in [1.29, 1.82) is 0 Å². The summed E-state index contributed by atoms with van der Waals surface area (Å²) in [5, 5.41) is 0. The van der Waals surface area contributed by atoms with Crippen LogP contribution in [-0.4, -0.2) is 12.1 Å². The maximum absolute atomic E-state index is 12.4. The van der Waals surface area contributed by atoms with Crippen LogP contribution in [0.15, 0.2) is 12.2 Å². The van der Waals surface area contributed by atoms with E-state index in [0.29, 0.717) is 11.8 Å². The number of hydrogen-bond donors (Lipinski definition) is 0. The van der Waals surface area contributed by atoms with Gasteiger partial charge in [-0.1, -0.05) is 64.5 Å². The van der Waals surface area contributed by atoms with Gasteiger partial charge in [0.05, 0.1) is 5.92 Å². The maximum Gasteiger partial charge on any atom is 0.309 e. The van der Waals surface area contributed by atoms with Crippen molar-refractivity contribution >= 4 is 5.97 Å². The molecule has 22 heavy (non-hydrogen) atoms. The van der Waals surface area contributed by atoms with E-state index in [1.165, 1.54) is 44.9 Å². The number of ether oxygens (including phenoxy) is 1. The topological polar surface area (TPSA) is 26.3 Å². The number of carbonyl (C=O) groups is 1. The Morgan fingerprint density at radius 3 is 2.41 bits per heavy atom. The lowest BCUT2D eigenvalue weighted by atomic mass is 9.93. The van der Waals surface area contributed by atoms with Gasteiger partial charge in [0.25, 0.3) is 0 Å². The summed E-state index contributed by atoms with van der Waals surface area (Å²) in [5.41, 5.74) is 0. The van der Waals surface area contributed by atoms with Crippen LogP contribution in [0.2, 0.25) is 0 Å². The Hall–Kier alpha value is -0.790. The van der Waals surface area contributed by atoms with Crippen LogP contribution in [0.1, 0.15) is 84.5 Å². The number of carbonyl (C=O) groups excluding carboxylic acids is 1. The fourth-order valence-corrected chi connectivity index (χ4v) is 4.04. The lowest BCUT2D eigenvalue weighted by Crippen LogP contribution is -2.26. The monoisotopic (exact) mass is 306 g/mol. The van der Waals surface area contributed by atoms with Crippen LogP contribution in [0, 0.1) is 17.8 Å². The lowest BCUT2D eigenvalue weighted by Gasteiger charge is -2.22. The van der Waals surface area contributed by atoms with E-state index in [1.807, 2.05) is 0 Å². The van der Waals surface area contributed by atoms with Gasteiger partial charge in [-0.05, 0) is 43.9 Å². The number of hydrogen-bond acceptors (Lipinski definition) is 2. The summed E-state index contributed by atoms with van der Waals surface area (Å²) in [7, 11) is 0. The van der Waals surface area contributed by atoms with Gasteiger partial charge in [-0.3, -0.25) is 4.79 Å². The number of allylic oxidation sites excluding steroid dienone is 2. The first-order valence-corrected chi connectivity index (χ1v) is 9.63. The van der Waals surface area contributed by atoms with E-state index in [2.05, 4.69) is 26.0 Å². The highest BCUT2D eigenvalue weighted by atomic mass is 16.5. The van der Waals surface area contributed by atoms with Crippen molar-refractivity contribution < 1.29 is 9.53 Å². The fourth-order valence-electron chi connectivity index (χ4n) is 4.04. The molecular weight excluding hydrogens is 272 g/mol. The molecule has 126 valence electrons. The van der Waals surface area contributed by atoms with Crippen LogP contribution < -0.4 is 0 Å². The maximum atomic E-state index is 12.4. The molecule has 0 amide bonds. The Morgan fingerprint density at radius 2 is 1.77 bits per heavy atom. The highest BCUT2D eigenvalue weighted by Crippen LogP contribution is 2.44. The van der Waals surface area contributed by atoms with Gasteiger partial charge in [-0.15, -0.1) is 0 Å². The average molecular weight is 306 g/mol. The first-order valence-electron chi connectivity index (χ1n) is 9.63. The van der Waals surface area contributed by atoms with Crippen LogP contribution >= 0.6 is 0 Å². The molecular formula is C20H34O2. The number of esters is 1. The van der Waals surface area contributed by atoms with Crippen molar-refractivity contribution in [2.24, 2.45) is 17.8 Å². The molecule has 0 N–H and O–H groups in total. The molecule has 0 radical (unpaired) electrons. The summed E-state index contributed by atoms with van der Waals surface area (Å²) in [4.78, 5) is 12.4. The molecule has 0 aliphatic heterocycles. The Balaban J connectivity index is 1.67. The Morgan fingerprint density at radius 1 is 1.00 bits per heavy atom. The summed E-state index contributed by atoms with van der Waals surface area (Å²) < 4.78 is 5.88. The lowest BCUT2D eigenvalue weighted by molar-refractivity contribution is -0.155. The highest BCUT2D eigenvalue weighted by Gasteiger charge is 2.41. The van der Waals surface area contributed by atoms with Crippen molar-refractivity contribution in [3.05, 3.63) is 12.2 Å². The molecule has 0 aromatic heterocycles. The SMILES string of the molecule is CCCCCCCCC(CCC)OC(=O)C1CC2C=CC1C2. The first-order chi connectivity index (χ1) is 10.7. The van der Waals surface area contributed by atoms with Crippen LogP contribution in [0.4, 0.5) is 0 Å². The molecule has 2 nitrogen and oxygen atoms in total. The summed E-state index contributed by atoms with van der Waals surface area (Å²) in [6.45, 7) is 4.43. The van der Waals surface area contributed by atoms with E-state index >= 15 is 0 Å². The molecule has 1 fully saturated rings. The van der Waals surface area contributed by atoms with E-state index in [0.717, 1.165) is 25.7 Å². The molecule has 0 aromatic carbocycles. The van der Waals surface area contributed by atoms with Crippen molar-refractivity contribution in [3.63, 3.8) is 0 Å². The molecule has 0 aromatic rings. The average Bonchev–Trinajstić information content (AvgIpc) is 3.13. The van der Waals surface area contributed by atoms with E-state index in [1.54, 1.807) is 0 Å². The van der Waals surface area contributed by atoms with Crippen LogP contribution in [0.3, 0.4) is 0 Å². The predicted octanol–water partition coefficient (Wildman–Crippen LogP) is 5.66. The zero-order chi connectivity index (χ0) is 15.8. The summed E-state index contributed by atoms with van der Waals surface area (Å²) >= 11 is 0. The molecule has 1 saturated carbocycles. The normalized spacial score (nSPS) is 27.3. The van der Waals surface area contributed by atoms with Gasteiger partial charge in [0.15, 0.2) is 0 Å². The van der Waals surface area contributed by atoms with E-state index in [-0.39, 0.29) is 18.0 Å². The van der Waals surface area contributed by atoms with Crippen molar-refractivity contribution in [1.82, 2.24) is 0 Å². The molecule has 2 rings (SSSR count). The number of unbranched alkanes of at least 4 members (excludes halogenated alkanes) is 5. The summed E-state index contributed by atoms with van der Waals surface area (Å²) in [6.07, 6.45) is 17.9. The molecule has 2 aliphatic carbocycles. The standard InChI is InChI=1S/C20H34O2/c1-3-5-6-7-8-9-11-18(10-4-2)22-20(21)19-15-16-12-13-17(19)14-16/h12-13,16-19H,3-11,14-15H2,1-2H3. The van der Waals surface area contributed by atoms with Gasteiger partial charge in [-0.2, -0.15) is 0 Å². The zero-order valence-corrected chi connectivity index (χ0v) is 14.6. The quantitative estimate of drug-likeness (QED) is 0.279. The van der Waals surface area contributed by atoms with E-state index in [9.17, 15) is 4.79 Å². The second kappa shape index (κ2) is 9.37. The van der Waals surface area contributed by atoms with Gasteiger partial charge in [-0.25, -0.2) is 0 Å². The molecule has 4 unspecified atom stereocenters. The Bertz CT molecular complexity index is 361. The third-order valence-corrected chi connectivity index (χ3v) is 5.35. The van der Waals surface area contributed by atoms with Crippen LogP contribution in [-0.2, 0) is 9.53 Å². The van der Waals surface area contributed by atoms with Gasteiger partial charge in [0, 0.05) is 0 Å². The minimum atomic E-state index is 0.0845. The third-order valence-electron chi connectivity index (χ3n) is 5.35. The van der Waals surface area contributed by atoms with Crippen molar-refractivity contribution in [3.8, 4) is 0 Å². The minimum Gasteiger partial charge on any atom is -0.462 e. The Labute approximate surface area is 136 Å². The minimum absolute atomic E-state index is 0.0845. The fraction of sp³-hybridized carbons (Fsp3) is 0.850. The molecule has 4 atom stereocenters. The van der Waals surface area contributed by atoms with Gasteiger partial charge < -0.3 is 4.74 Å². The van der Waals surface area contributed by atoms with Crippen molar-refractivity contribution in [2.75, 3.05) is 0 Å². The van der Waals surface area contributed by atoms with Gasteiger partial charge >= 0.3 is 5.97 Å². The van der Waals surface area contributed by atoms with Crippen molar-refractivity contribution in [2.45, 2.75) is 90.6 Å².